The van der Waals surface area contributed by atoms with Crippen molar-refractivity contribution in [2.75, 3.05) is 4.90 Å². The summed E-state index contributed by atoms with van der Waals surface area (Å²) in [6, 6.07) is 61.4. The van der Waals surface area contributed by atoms with Crippen LogP contribution in [0.4, 0.5) is 17.1 Å². The van der Waals surface area contributed by atoms with Gasteiger partial charge in [-0.3, -0.25) is 0 Å². The predicted octanol–water partition coefficient (Wildman–Crippen LogP) is 13.0. The maximum Gasteiger partial charge on any atom is 0.159 e. The van der Waals surface area contributed by atoms with Crippen LogP contribution < -0.4 is 4.90 Å². The number of anilines is 3. The maximum atomic E-state index is 4.52. The average Bonchev–Trinajstić information content (AvgIpc) is 3.91. The number of hydrogen-bond acceptors (Lipinski definition) is 3. The minimum absolute atomic E-state index is 0.128. The van der Waals surface area contributed by atoms with E-state index >= 15 is 0 Å². The van der Waals surface area contributed by atoms with Gasteiger partial charge in [-0.25, -0.2) is 9.97 Å². The second-order valence-electron chi connectivity index (χ2n) is 15.1. The van der Waals surface area contributed by atoms with Gasteiger partial charge in [0.15, 0.2) is 5.82 Å². The van der Waals surface area contributed by atoms with Crippen molar-refractivity contribution in [2.24, 2.45) is 0 Å². The summed E-state index contributed by atoms with van der Waals surface area (Å²) in [5.74, 6) is 0.713. The summed E-state index contributed by atoms with van der Waals surface area (Å²) in [4.78, 5) is 11.4. The number of benzene rings is 7. The van der Waals surface area contributed by atoms with Gasteiger partial charge in [-0.15, -0.1) is 0 Å². The van der Waals surface area contributed by atoms with Crippen LogP contribution in [0.3, 0.4) is 0 Å². The zero-order valence-corrected chi connectivity index (χ0v) is 31.1. The zero-order chi connectivity index (χ0) is 37.4. The lowest BCUT2D eigenvalue weighted by Crippen LogP contribution is -2.16. The van der Waals surface area contributed by atoms with Crippen LogP contribution in [0.5, 0.6) is 0 Å². The number of nitrogens with zero attached hydrogens (tertiary/aromatic N) is 5. The molecule has 1 aliphatic rings. The van der Waals surface area contributed by atoms with Gasteiger partial charge in [0, 0.05) is 74.2 Å². The van der Waals surface area contributed by atoms with Crippen LogP contribution in [0.15, 0.2) is 188 Å². The first-order chi connectivity index (χ1) is 27.5. The van der Waals surface area contributed by atoms with Gasteiger partial charge in [0.2, 0.25) is 0 Å². The number of rotatable bonds is 6. The van der Waals surface area contributed by atoms with Gasteiger partial charge in [-0.2, -0.15) is 0 Å². The third kappa shape index (κ3) is 4.87. The summed E-state index contributed by atoms with van der Waals surface area (Å²) in [7, 11) is 0. The molecule has 7 aromatic carbocycles. The first-order valence-corrected chi connectivity index (χ1v) is 19.2. The van der Waals surface area contributed by atoms with Gasteiger partial charge in [0.1, 0.15) is 0 Å². The molecule has 0 spiro atoms. The highest BCUT2D eigenvalue weighted by Crippen LogP contribution is 2.51. The highest BCUT2D eigenvalue weighted by atomic mass is 15.1. The minimum Gasteiger partial charge on any atom is -0.316 e. The molecule has 56 heavy (non-hydrogen) atoms. The van der Waals surface area contributed by atoms with Crippen molar-refractivity contribution in [1.29, 1.82) is 0 Å². The second kappa shape index (κ2) is 12.4. The molecule has 5 nitrogen and oxygen atoms in total. The van der Waals surface area contributed by atoms with Crippen molar-refractivity contribution in [1.82, 2.24) is 19.1 Å². The van der Waals surface area contributed by atoms with Gasteiger partial charge >= 0.3 is 0 Å². The van der Waals surface area contributed by atoms with E-state index in [2.05, 4.69) is 208 Å². The van der Waals surface area contributed by atoms with Crippen molar-refractivity contribution < 1.29 is 0 Å². The van der Waals surface area contributed by atoms with E-state index in [1.165, 1.54) is 49.4 Å². The van der Waals surface area contributed by atoms with Gasteiger partial charge in [-0.05, 0) is 119 Å². The van der Waals surface area contributed by atoms with Gasteiger partial charge < -0.3 is 14.0 Å². The molecule has 266 valence electrons. The SMILES string of the molecule is CC1(C)c2ccccc2-c2ccc(N(c3ccc(-c4ncccn4)cc3)c3ccc4c(c3)c3ccc5c(ccn5-c5ccccc5)c3n4-c3ccccc3)cc21. The number of hydrogen-bond donors (Lipinski definition) is 0. The van der Waals surface area contributed by atoms with Crippen molar-refractivity contribution >= 4 is 49.8 Å². The Labute approximate surface area is 325 Å². The number of aromatic nitrogens is 4. The van der Waals surface area contributed by atoms with E-state index in [4.69, 9.17) is 0 Å². The van der Waals surface area contributed by atoms with E-state index in [0.29, 0.717) is 5.82 Å². The Balaban J connectivity index is 1.14. The quantitative estimate of drug-likeness (QED) is 0.172. The molecule has 0 aliphatic heterocycles. The molecule has 1 aliphatic carbocycles. The molecule has 3 heterocycles. The Kier molecular flexibility index (Phi) is 7.13. The van der Waals surface area contributed by atoms with Crippen molar-refractivity contribution in [3.8, 4) is 33.9 Å². The average molecular weight is 720 g/mol. The van der Waals surface area contributed by atoms with Crippen molar-refractivity contribution in [3.63, 3.8) is 0 Å². The largest absolute Gasteiger partial charge is 0.316 e. The summed E-state index contributed by atoms with van der Waals surface area (Å²) < 4.78 is 4.72. The molecule has 11 rings (SSSR count). The third-order valence-corrected chi connectivity index (χ3v) is 11.7. The van der Waals surface area contributed by atoms with Crippen LogP contribution in [0, 0.1) is 0 Å². The second-order valence-corrected chi connectivity index (χ2v) is 15.1. The summed E-state index contributed by atoms with van der Waals surface area (Å²) in [6.07, 6.45) is 5.77. The molecular formula is C51H37N5. The third-order valence-electron chi connectivity index (χ3n) is 11.7. The topological polar surface area (TPSA) is 38.9 Å². The molecule has 0 fully saturated rings. The fourth-order valence-electron chi connectivity index (χ4n) is 9.00. The number of fused-ring (bicyclic) bond motifs is 8. The molecule has 0 atom stereocenters. The van der Waals surface area contributed by atoms with Crippen LogP contribution in [0.25, 0.3) is 66.6 Å². The van der Waals surface area contributed by atoms with Crippen LogP contribution in [0.1, 0.15) is 25.0 Å². The smallest absolute Gasteiger partial charge is 0.159 e. The highest BCUT2D eigenvalue weighted by Gasteiger charge is 2.35. The van der Waals surface area contributed by atoms with E-state index in [0.717, 1.165) is 39.5 Å². The Morgan fingerprint density at radius 1 is 0.482 bits per heavy atom. The van der Waals surface area contributed by atoms with Crippen LogP contribution in [-0.4, -0.2) is 19.1 Å². The van der Waals surface area contributed by atoms with Crippen LogP contribution in [-0.2, 0) is 5.41 Å². The standard InChI is InChI=1S/C51H37N5/c1-51(2)45-17-10-9-16-40(45)41-24-22-39(33-46(41)51)55(37-20-18-34(19-21-37)50-52-29-11-30-53-50)38-23-26-48-44(32-38)42-25-27-47-43(28-31-54(47)35-12-5-3-6-13-35)49(42)56(48)36-14-7-4-8-15-36/h3-33H,1-2H3. The van der Waals surface area contributed by atoms with E-state index in [1.807, 2.05) is 6.07 Å². The monoisotopic (exact) mass is 719 g/mol. The summed E-state index contributed by atoms with van der Waals surface area (Å²) >= 11 is 0. The van der Waals surface area contributed by atoms with E-state index < -0.39 is 0 Å². The number of para-hydroxylation sites is 2. The first-order valence-electron chi connectivity index (χ1n) is 19.2. The molecule has 0 N–H and O–H groups in total. The Hall–Kier alpha value is -7.24. The molecule has 0 amide bonds. The van der Waals surface area contributed by atoms with Gasteiger partial charge in [-0.1, -0.05) is 86.6 Å². The zero-order valence-electron chi connectivity index (χ0n) is 31.1. The first kappa shape index (κ1) is 32.2. The highest BCUT2D eigenvalue weighted by molar-refractivity contribution is 6.19. The molecule has 0 unspecified atom stereocenters. The summed E-state index contributed by atoms with van der Waals surface area (Å²) in [5.41, 5.74) is 15.3. The van der Waals surface area contributed by atoms with E-state index in [1.54, 1.807) is 12.4 Å². The lowest BCUT2D eigenvalue weighted by Gasteiger charge is -2.28. The normalized spacial score (nSPS) is 13.0. The molecule has 0 radical (unpaired) electrons. The molecule has 5 heteroatoms. The van der Waals surface area contributed by atoms with Crippen LogP contribution >= 0.6 is 0 Å². The predicted molar refractivity (Wildman–Crippen MR) is 231 cm³/mol. The fraction of sp³-hybridized carbons (Fsp3) is 0.0588. The minimum atomic E-state index is -0.128. The maximum absolute atomic E-state index is 4.52. The summed E-state index contributed by atoms with van der Waals surface area (Å²) in [5, 5.41) is 3.62. The van der Waals surface area contributed by atoms with Gasteiger partial charge in [0.05, 0.1) is 16.6 Å². The molecule has 0 bridgehead atoms. The molecule has 0 saturated carbocycles. The Morgan fingerprint density at radius 2 is 1.12 bits per heavy atom. The lowest BCUT2D eigenvalue weighted by molar-refractivity contribution is 0.660. The Morgan fingerprint density at radius 3 is 1.91 bits per heavy atom. The molecule has 0 saturated heterocycles. The lowest BCUT2D eigenvalue weighted by atomic mass is 9.82. The van der Waals surface area contributed by atoms with Crippen molar-refractivity contribution in [2.45, 2.75) is 19.3 Å². The van der Waals surface area contributed by atoms with Crippen LogP contribution in [0.2, 0.25) is 0 Å². The molecule has 3 aromatic heterocycles. The molecular weight excluding hydrogens is 683 g/mol. The fourth-order valence-corrected chi connectivity index (χ4v) is 9.00. The van der Waals surface area contributed by atoms with E-state index in [9.17, 15) is 0 Å². The van der Waals surface area contributed by atoms with E-state index in [-0.39, 0.29) is 5.41 Å². The van der Waals surface area contributed by atoms with Crippen molar-refractivity contribution in [3.05, 3.63) is 200 Å². The Bertz CT molecular complexity index is 3090. The molecule has 10 aromatic rings. The van der Waals surface area contributed by atoms with Gasteiger partial charge in [0.25, 0.3) is 0 Å². The summed E-state index contributed by atoms with van der Waals surface area (Å²) in [6.45, 7) is 4.69.